The van der Waals surface area contributed by atoms with Gasteiger partial charge in [-0.25, -0.2) is 9.48 Å². The van der Waals surface area contributed by atoms with Gasteiger partial charge in [0.15, 0.2) is 0 Å². The van der Waals surface area contributed by atoms with Gasteiger partial charge < -0.3 is 10.2 Å². The van der Waals surface area contributed by atoms with Crippen LogP contribution in [0.5, 0.6) is 0 Å². The summed E-state index contributed by atoms with van der Waals surface area (Å²) in [6.07, 6.45) is 0.658. The SMILES string of the molecule is O=C(Nc1ccc(C(F)(F)F)cc1)N1CCC(n2cc(C3CC3)nn2)C1. The number of rotatable bonds is 3. The summed E-state index contributed by atoms with van der Waals surface area (Å²) in [7, 11) is 0. The van der Waals surface area contributed by atoms with Crippen molar-refractivity contribution in [2.24, 2.45) is 0 Å². The predicted octanol–water partition coefficient (Wildman–Crippen LogP) is 3.65. The lowest BCUT2D eigenvalue weighted by molar-refractivity contribution is -0.137. The van der Waals surface area contributed by atoms with Gasteiger partial charge in [-0.15, -0.1) is 5.10 Å². The molecule has 4 rings (SSSR count). The average molecular weight is 365 g/mol. The molecule has 1 unspecified atom stereocenters. The topological polar surface area (TPSA) is 63.1 Å². The molecule has 1 aliphatic heterocycles. The summed E-state index contributed by atoms with van der Waals surface area (Å²) in [6.45, 7) is 1.07. The minimum atomic E-state index is -4.39. The highest BCUT2D eigenvalue weighted by molar-refractivity contribution is 5.89. The van der Waals surface area contributed by atoms with E-state index in [0.717, 1.165) is 37.1 Å². The average Bonchev–Trinajstić information content (AvgIpc) is 3.13. The number of benzene rings is 1. The van der Waals surface area contributed by atoms with Crippen molar-refractivity contribution in [1.82, 2.24) is 19.9 Å². The van der Waals surface area contributed by atoms with E-state index in [9.17, 15) is 18.0 Å². The number of amides is 2. The number of anilines is 1. The first kappa shape index (κ1) is 16.9. The molecule has 0 radical (unpaired) electrons. The lowest BCUT2D eigenvalue weighted by Gasteiger charge is -2.17. The Hall–Kier alpha value is -2.58. The monoisotopic (exact) mass is 365 g/mol. The molecule has 1 atom stereocenters. The first-order valence-corrected chi connectivity index (χ1v) is 8.55. The summed E-state index contributed by atoms with van der Waals surface area (Å²) in [5, 5.41) is 11.0. The number of halogens is 3. The lowest BCUT2D eigenvalue weighted by atomic mass is 10.2. The van der Waals surface area contributed by atoms with Crippen molar-refractivity contribution < 1.29 is 18.0 Å². The molecule has 2 heterocycles. The Morgan fingerprint density at radius 3 is 2.54 bits per heavy atom. The van der Waals surface area contributed by atoms with Crippen LogP contribution in [0.1, 0.15) is 42.5 Å². The Bertz CT molecular complexity index is 797. The molecule has 6 nitrogen and oxygen atoms in total. The van der Waals surface area contributed by atoms with Crippen molar-refractivity contribution in [3.05, 3.63) is 41.7 Å². The quantitative estimate of drug-likeness (QED) is 0.903. The third-order valence-electron chi connectivity index (χ3n) is 4.81. The van der Waals surface area contributed by atoms with Gasteiger partial charge in [-0.3, -0.25) is 0 Å². The fourth-order valence-electron chi connectivity index (χ4n) is 3.12. The summed E-state index contributed by atoms with van der Waals surface area (Å²) < 4.78 is 39.6. The molecule has 1 saturated heterocycles. The first-order valence-electron chi connectivity index (χ1n) is 8.55. The maximum atomic E-state index is 12.6. The van der Waals surface area contributed by atoms with Crippen LogP contribution < -0.4 is 5.32 Å². The minimum absolute atomic E-state index is 0.0772. The fourth-order valence-corrected chi connectivity index (χ4v) is 3.12. The number of nitrogens with one attached hydrogen (secondary N) is 1. The Morgan fingerprint density at radius 2 is 1.88 bits per heavy atom. The lowest BCUT2D eigenvalue weighted by Crippen LogP contribution is -2.33. The molecule has 26 heavy (non-hydrogen) atoms. The van der Waals surface area contributed by atoms with Crippen LogP contribution in [0, 0.1) is 0 Å². The normalized spacial score (nSPS) is 20.4. The maximum Gasteiger partial charge on any atom is 0.416 e. The molecule has 0 bridgehead atoms. The van der Waals surface area contributed by atoms with Gasteiger partial charge in [0.1, 0.15) is 0 Å². The van der Waals surface area contributed by atoms with E-state index < -0.39 is 11.7 Å². The molecule has 1 N–H and O–H groups in total. The number of carbonyl (C=O) groups excluding carboxylic acids is 1. The highest BCUT2D eigenvalue weighted by atomic mass is 19.4. The third kappa shape index (κ3) is 3.51. The number of alkyl halides is 3. The zero-order chi connectivity index (χ0) is 18.3. The van der Waals surface area contributed by atoms with Gasteiger partial charge in [-0.05, 0) is 43.5 Å². The largest absolute Gasteiger partial charge is 0.416 e. The number of hydrogen-bond donors (Lipinski definition) is 1. The molecule has 138 valence electrons. The van der Waals surface area contributed by atoms with Gasteiger partial charge in [0.05, 0.1) is 17.3 Å². The highest BCUT2D eigenvalue weighted by Gasteiger charge is 2.32. The van der Waals surface area contributed by atoms with Crippen molar-refractivity contribution in [2.45, 2.75) is 37.4 Å². The second-order valence-corrected chi connectivity index (χ2v) is 6.79. The molecule has 1 saturated carbocycles. The van der Waals surface area contributed by atoms with Crippen molar-refractivity contribution >= 4 is 11.7 Å². The number of urea groups is 1. The van der Waals surface area contributed by atoms with E-state index in [4.69, 9.17) is 0 Å². The summed E-state index contributed by atoms with van der Waals surface area (Å²) >= 11 is 0. The third-order valence-corrected chi connectivity index (χ3v) is 4.81. The van der Waals surface area contributed by atoms with Gasteiger partial charge in [0.2, 0.25) is 0 Å². The van der Waals surface area contributed by atoms with Crippen LogP contribution >= 0.6 is 0 Å². The summed E-state index contributed by atoms with van der Waals surface area (Å²) in [5.41, 5.74) is 0.607. The van der Waals surface area contributed by atoms with Crippen LogP contribution in [-0.4, -0.2) is 39.0 Å². The van der Waals surface area contributed by atoms with E-state index in [1.54, 1.807) is 4.90 Å². The number of aromatic nitrogens is 3. The Morgan fingerprint density at radius 1 is 1.15 bits per heavy atom. The first-order chi connectivity index (χ1) is 12.4. The number of hydrogen-bond acceptors (Lipinski definition) is 3. The number of carbonyl (C=O) groups is 1. The predicted molar refractivity (Wildman–Crippen MR) is 87.7 cm³/mol. The van der Waals surface area contributed by atoms with Gasteiger partial charge >= 0.3 is 12.2 Å². The minimum Gasteiger partial charge on any atom is -0.322 e. The van der Waals surface area contributed by atoms with Crippen LogP contribution in [0.3, 0.4) is 0 Å². The summed E-state index contributed by atoms with van der Waals surface area (Å²) in [6, 6.07) is 4.18. The smallest absolute Gasteiger partial charge is 0.322 e. The Labute approximate surface area is 148 Å². The second kappa shape index (κ2) is 6.30. The highest BCUT2D eigenvalue weighted by Crippen LogP contribution is 2.39. The number of likely N-dealkylation sites (tertiary alicyclic amines) is 1. The van der Waals surface area contributed by atoms with E-state index in [0.29, 0.717) is 24.7 Å². The Kier molecular flexibility index (Phi) is 4.08. The number of nitrogens with zero attached hydrogens (tertiary/aromatic N) is 4. The van der Waals surface area contributed by atoms with Crippen molar-refractivity contribution in [2.75, 3.05) is 18.4 Å². The van der Waals surface area contributed by atoms with Crippen LogP contribution in [0.15, 0.2) is 30.5 Å². The van der Waals surface area contributed by atoms with Crippen LogP contribution in [-0.2, 0) is 6.18 Å². The Balaban J connectivity index is 1.35. The molecule has 2 aliphatic rings. The van der Waals surface area contributed by atoms with Crippen LogP contribution in [0.4, 0.5) is 23.7 Å². The van der Waals surface area contributed by atoms with E-state index in [1.165, 1.54) is 12.1 Å². The van der Waals surface area contributed by atoms with E-state index >= 15 is 0 Å². The zero-order valence-corrected chi connectivity index (χ0v) is 13.9. The molecule has 1 aromatic heterocycles. The van der Waals surface area contributed by atoms with Crippen molar-refractivity contribution in [1.29, 1.82) is 0 Å². The molecular weight excluding hydrogens is 347 g/mol. The molecule has 1 aliphatic carbocycles. The van der Waals surface area contributed by atoms with Gasteiger partial charge in [0, 0.05) is 30.9 Å². The second-order valence-electron chi connectivity index (χ2n) is 6.79. The van der Waals surface area contributed by atoms with Crippen molar-refractivity contribution in [3.63, 3.8) is 0 Å². The zero-order valence-electron chi connectivity index (χ0n) is 13.9. The molecule has 1 aromatic carbocycles. The van der Waals surface area contributed by atoms with Gasteiger partial charge in [-0.1, -0.05) is 5.21 Å². The molecule has 2 aromatic rings. The van der Waals surface area contributed by atoms with E-state index in [2.05, 4.69) is 15.6 Å². The van der Waals surface area contributed by atoms with Crippen molar-refractivity contribution in [3.8, 4) is 0 Å². The molecular formula is C17H18F3N5O. The van der Waals surface area contributed by atoms with Crippen LogP contribution in [0.2, 0.25) is 0 Å². The van der Waals surface area contributed by atoms with Gasteiger partial charge in [0.25, 0.3) is 0 Å². The summed E-state index contributed by atoms with van der Waals surface area (Å²) in [5.74, 6) is 0.532. The summed E-state index contributed by atoms with van der Waals surface area (Å²) in [4.78, 5) is 14.0. The van der Waals surface area contributed by atoms with Gasteiger partial charge in [-0.2, -0.15) is 13.2 Å². The molecule has 0 spiro atoms. The van der Waals surface area contributed by atoms with E-state index in [1.807, 2.05) is 10.9 Å². The van der Waals surface area contributed by atoms with Crippen LogP contribution in [0.25, 0.3) is 0 Å². The molecule has 9 heteroatoms. The van der Waals surface area contributed by atoms with E-state index in [-0.39, 0.29) is 12.1 Å². The molecule has 2 fully saturated rings. The maximum absolute atomic E-state index is 12.6. The molecule has 2 amide bonds. The standard InChI is InChI=1S/C17H18F3N5O/c18-17(19,20)12-3-5-13(6-4-12)21-16(26)24-8-7-14(9-24)25-10-15(22-23-25)11-1-2-11/h3-6,10-11,14H,1-2,7-9H2,(H,21,26). The fraction of sp³-hybridized carbons (Fsp3) is 0.471.